The Hall–Kier alpha value is -1.24. The predicted octanol–water partition coefficient (Wildman–Crippen LogP) is 2.12. The molecular formula is C13H17ClN2O3S. The quantitative estimate of drug-likeness (QED) is 0.670. The first kappa shape index (κ1) is 16.8. The van der Waals surface area contributed by atoms with E-state index < -0.39 is 12.0 Å². The lowest BCUT2D eigenvalue weighted by Gasteiger charge is -2.09. The maximum absolute atomic E-state index is 11.7. The minimum Gasteiger partial charge on any atom is -0.480 e. The molecule has 0 fully saturated rings. The maximum Gasteiger partial charge on any atom is 0.320 e. The number of thioether (sulfide) groups is 1. The van der Waals surface area contributed by atoms with Gasteiger partial charge in [0.2, 0.25) is 5.91 Å². The molecule has 0 aliphatic carbocycles. The van der Waals surface area contributed by atoms with E-state index >= 15 is 0 Å². The van der Waals surface area contributed by atoms with Gasteiger partial charge in [-0.1, -0.05) is 17.7 Å². The van der Waals surface area contributed by atoms with E-state index in [9.17, 15) is 9.59 Å². The molecule has 0 radical (unpaired) electrons. The van der Waals surface area contributed by atoms with Crippen LogP contribution >= 0.6 is 23.4 Å². The van der Waals surface area contributed by atoms with Gasteiger partial charge in [0, 0.05) is 10.7 Å². The predicted molar refractivity (Wildman–Crippen MR) is 82.4 cm³/mol. The van der Waals surface area contributed by atoms with E-state index in [1.807, 2.05) is 6.92 Å². The number of carbonyl (C=O) groups is 2. The molecule has 5 nitrogen and oxygen atoms in total. The summed E-state index contributed by atoms with van der Waals surface area (Å²) in [6, 6.07) is 4.43. The number of nitrogens with one attached hydrogen (secondary N) is 1. The molecule has 1 rings (SSSR count). The van der Waals surface area contributed by atoms with Crippen LogP contribution in [0.15, 0.2) is 18.2 Å². The Morgan fingerprint density at radius 1 is 1.50 bits per heavy atom. The highest BCUT2D eigenvalue weighted by atomic mass is 35.5. The molecule has 1 unspecified atom stereocenters. The van der Waals surface area contributed by atoms with Crippen LogP contribution in [-0.4, -0.2) is 34.5 Å². The van der Waals surface area contributed by atoms with Crippen molar-refractivity contribution in [3.8, 4) is 0 Å². The normalized spacial score (nSPS) is 11.9. The SMILES string of the molecule is Cc1c(Cl)cccc1NC(=O)CSCCC(N)C(=O)O. The standard InChI is InChI=1S/C13H17ClN2O3S/c1-8-9(14)3-2-4-11(8)16-12(17)7-20-6-5-10(15)13(18)19/h2-4,10H,5-7,15H2,1H3,(H,16,17)(H,18,19). The summed E-state index contributed by atoms with van der Waals surface area (Å²) < 4.78 is 0. The van der Waals surface area contributed by atoms with Gasteiger partial charge in [-0.05, 0) is 36.8 Å². The monoisotopic (exact) mass is 316 g/mol. The molecule has 0 aromatic heterocycles. The van der Waals surface area contributed by atoms with Crippen molar-refractivity contribution in [2.45, 2.75) is 19.4 Å². The highest BCUT2D eigenvalue weighted by Gasteiger charge is 2.11. The summed E-state index contributed by atoms with van der Waals surface area (Å²) in [6.45, 7) is 1.83. The molecule has 1 atom stereocenters. The van der Waals surface area contributed by atoms with E-state index in [1.165, 1.54) is 11.8 Å². The zero-order chi connectivity index (χ0) is 15.1. The van der Waals surface area contributed by atoms with Gasteiger partial charge in [0.05, 0.1) is 5.75 Å². The number of rotatable bonds is 7. The zero-order valence-corrected chi connectivity index (χ0v) is 12.6. The second-order valence-corrected chi connectivity index (χ2v) is 5.76. The van der Waals surface area contributed by atoms with Crippen molar-refractivity contribution in [2.24, 2.45) is 5.73 Å². The van der Waals surface area contributed by atoms with Gasteiger partial charge in [0.1, 0.15) is 6.04 Å². The average Bonchev–Trinajstić information content (AvgIpc) is 2.39. The fourth-order valence-electron chi connectivity index (χ4n) is 1.43. The van der Waals surface area contributed by atoms with E-state index in [0.717, 1.165) is 5.56 Å². The summed E-state index contributed by atoms with van der Waals surface area (Å²) in [6.07, 6.45) is 0.337. The molecule has 0 bridgehead atoms. The molecule has 7 heteroatoms. The molecule has 0 saturated heterocycles. The number of anilines is 1. The van der Waals surface area contributed by atoms with Crippen molar-refractivity contribution in [3.05, 3.63) is 28.8 Å². The summed E-state index contributed by atoms with van der Waals surface area (Å²) in [5.41, 5.74) is 6.87. The Bertz CT molecular complexity index is 497. The summed E-state index contributed by atoms with van der Waals surface area (Å²) in [4.78, 5) is 22.2. The van der Waals surface area contributed by atoms with E-state index in [0.29, 0.717) is 22.9 Å². The molecule has 0 aliphatic heterocycles. The zero-order valence-electron chi connectivity index (χ0n) is 11.1. The van der Waals surface area contributed by atoms with E-state index in [4.69, 9.17) is 22.4 Å². The molecule has 20 heavy (non-hydrogen) atoms. The number of carbonyl (C=O) groups excluding carboxylic acids is 1. The van der Waals surface area contributed by atoms with Crippen LogP contribution < -0.4 is 11.1 Å². The maximum atomic E-state index is 11.7. The third kappa shape index (κ3) is 5.40. The van der Waals surface area contributed by atoms with Crippen LogP contribution in [0.5, 0.6) is 0 Å². The molecule has 110 valence electrons. The number of amides is 1. The second-order valence-electron chi connectivity index (χ2n) is 4.25. The summed E-state index contributed by atoms with van der Waals surface area (Å²) >= 11 is 7.31. The van der Waals surface area contributed by atoms with Gasteiger partial charge in [-0.3, -0.25) is 9.59 Å². The van der Waals surface area contributed by atoms with Gasteiger partial charge in [-0.25, -0.2) is 0 Å². The molecule has 0 heterocycles. The van der Waals surface area contributed by atoms with Crippen molar-refractivity contribution in [1.82, 2.24) is 0 Å². The van der Waals surface area contributed by atoms with E-state index in [2.05, 4.69) is 5.32 Å². The minimum atomic E-state index is -1.02. The number of carboxylic acids is 1. The second kappa shape index (κ2) is 8.14. The fraction of sp³-hybridized carbons (Fsp3) is 0.385. The molecule has 1 aromatic rings. The minimum absolute atomic E-state index is 0.149. The Labute approximate surface area is 126 Å². The number of nitrogens with two attached hydrogens (primary N) is 1. The number of hydrogen-bond acceptors (Lipinski definition) is 4. The molecule has 4 N–H and O–H groups in total. The first-order valence-electron chi connectivity index (χ1n) is 6.03. The third-order valence-electron chi connectivity index (χ3n) is 2.67. The largest absolute Gasteiger partial charge is 0.480 e. The average molecular weight is 317 g/mol. The topological polar surface area (TPSA) is 92.4 Å². The number of carboxylic acid groups (broad SMARTS) is 1. The third-order valence-corrected chi connectivity index (χ3v) is 4.07. The lowest BCUT2D eigenvalue weighted by Crippen LogP contribution is -2.30. The van der Waals surface area contributed by atoms with Gasteiger partial charge in [0.25, 0.3) is 0 Å². The molecule has 0 saturated carbocycles. The van der Waals surface area contributed by atoms with Crippen LogP contribution in [0.4, 0.5) is 5.69 Å². The van der Waals surface area contributed by atoms with Crippen LogP contribution in [0.25, 0.3) is 0 Å². The Kier molecular flexibility index (Phi) is 6.84. The van der Waals surface area contributed by atoms with Gasteiger partial charge in [-0.2, -0.15) is 11.8 Å². The summed E-state index contributed by atoms with van der Waals surface area (Å²) in [7, 11) is 0. The van der Waals surface area contributed by atoms with Crippen molar-refractivity contribution in [1.29, 1.82) is 0 Å². The van der Waals surface area contributed by atoms with Crippen molar-refractivity contribution < 1.29 is 14.7 Å². The summed E-state index contributed by atoms with van der Waals surface area (Å²) in [5.74, 6) is -0.401. The van der Waals surface area contributed by atoms with Gasteiger partial charge < -0.3 is 16.2 Å². The Balaban J connectivity index is 2.34. The van der Waals surface area contributed by atoms with E-state index in [-0.39, 0.29) is 11.7 Å². The van der Waals surface area contributed by atoms with Gasteiger partial charge >= 0.3 is 5.97 Å². The van der Waals surface area contributed by atoms with Crippen LogP contribution in [0.2, 0.25) is 5.02 Å². The molecule has 0 aliphatic rings. The molecule has 1 aromatic carbocycles. The number of halogens is 1. The molecule has 0 spiro atoms. The lowest BCUT2D eigenvalue weighted by molar-refractivity contribution is -0.138. The smallest absolute Gasteiger partial charge is 0.320 e. The van der Waals surface area contributed by atoms with Crippen LogP contribution in [0.3, 0.4) is 0 Å². The van der Waals surface area contributed by atoms with Crippen LogP contribution in [0, 0.1) is 6.92 Å². The van der Waals surface area contributed by atoms with Gasteiger partial charge in [-0.15, -0.1) is 0 Å². The van der Waals surface area contributed by atoms with Crippen molar-refractivity contribution >= 4 is 40.9 Å². The highest BCUT2D eigenvalue weighted by Crippen LogP contribution is 2.23. The number of hydrogen-bond donors (Lipinski definition) is 3. The Morgan fingerprint density at radius 2 is 2.20 bits per heavy atom. The van der Waals surface area contributed by atoms with Gasteiger partial charge in [0.15, 0.2) is 0 Å². The number of benzene rings is 1. The van der Waals surface area contributed by atoms with Crippen molar-refractivity contribution in [2.75, 3.05) is 16.8 Å². The first-order chi connectivity index (χ1) is 9.41. The first-order valence-corrected chi connectivity index (χ1v) is 7.56. The lowest BCUT2D eigenvalue weighted by atomic mass is 10.2. The Morgan fingerprint density at radius 3 is 2.85 bits per heavy atom. The molecular weight excluding hydrogens is 300 g/mol. The number of aliphatic carboxylic acids is 1. The fourth-order valence-corrected chi connectivity index (χ4v) is 2.42. The van der Waals surface area contributed by atoms with Crippen LogP contribution in [0.1, 0.15) is 12.0 Å². The van der Waals surface area contributed by atoms with Crippen molar-refractivity contribution in [3.63, 3.8) is 0 Å². The highest BCUT2D eigenvalue weighted by molar-refractivity contribution is 7.99. The van der Waals surface area contributed by atoms with Crippen LogP contribution in [-0.2, 0) is 9.59 Å². The molecule has 1 amide bonds. The summed E-state index contributed by atoms with van der Waals surface area (Å²) in [5, 5.41) is 12.0. The van der Waals surface area contributed by atoms with E-state index in [1.54, 1.807) is 18.2 Å².